The van der Waals surface area contributed by atoms with E-state index >= 15 is 0 Å². The number of benzene rings is 1. The lowest BCUT2D eigenvalue weighted by Crippen LogP contribution is -2.20. The Hall–Kier alpha value is -1.16. The van der Waals surface area contributed by atoms with Crippen molar-refractivity contribution in [2.24, 2.45) is 11.7 Å². The third-order valence-electron chi connectivity index (χ3n) is 5.12. The van der Waals surface area contributed by atoms with Gasteiger partial charge in [-0.2, -0.15) is 0 Å². The van der Waals surface area contributed by atoms with Gasteiger partial charge in [-0.1, -0.05) is 43.2 Å². The summed E-state index contributed by atoms with van der Waals surface area (Å²) >= 11 is 0. The van der Waals surface area contributed by atoms with Crippen molar-refractivity contribution in [2.45, 2.75) is 65.2 Å². The van der Waals surface area contributed by atoms with Gasteiger partial charge in [0.05, 0.1) is 6.61 Å². The first kappa shape index (κ1) is 22.9. The predicted molar refractivity (Wildman–Crippen MR) is 112 cm³/mol. The van der Waals surface area contributed by atoms with Gasteiger partial charge in [0.2, 0.25) is 0 Å². The standard InChI is InChI=1S/C22H35NO.CH4O/c1-4-6-22(15-23)21-11-10-19-13-18(8-9-20(19)14-21)16-24-12-5-7-17(2)3;1-2/h7,10-11,14,18,22H,4-6,8-9,12-13,15-16,23H2,1-3H3;2H,1H3. The minimum atomic E-state index is 0.524. The van der Waals surface area contributed by atoms with Crippen LogP contribution in [0.25, 0.3) is 0 Å². The molecule has 1 aliphatic carbocycles. The van der Waals surface area contributed by atoms with Gasteiger partial charge in [-0.05, 0) is 81.0 Å². The molecular weight excluding hydrogens is 322 g/mol. The maximum Gasteiger partial charge on any atom is 0.0500 e. The SMILES string of the molecule is CCCC(CN)c1ccc2c(c1)CCC(COCCC=C(C)C)C2.CO. The molecule has 1 aliphatic rings. The number of ether oxygens (including phenoxy) is 1. The summed E-state index contributed by atoms with van der Waals surface area (Å²) in [5, 5.41) is 7.00. The van der Waals surface area contributed by atoms with Gasteiger partial charge in [0.15, 0.2) is 0 Å². The summed E-state index contributed by atoms with van der Waals surface area (Å²) in [6, 6.07) is 7.08. The second-order valence-electron chi connectivity index (χ2n) is 7.50. The maximum absolute atomic E-state index is 7.00. The monoisotopic (exact) mass is 361 g/mol. The molecule has 2 rings (SSSR count). The molecule has 0 saturated heterocycles. The highest BCUT2D eigenvalue weighted by molar-refractivity contribution is 5.36. The Kier molecular flexibility index (Phi) is 11.5. The zero-order valence-electron chi connectivity index (χ0n) is 17.3. The first-order valence-corrected chi connectivity index (χ1v) is 10.1. The van der Waals surface area contributed by atoms with Crippen LogP contribution >= 0.6 is 0 Å². The number of rotatable bonds is 9. The van der Waals surface area contributed by atoms with E-state index in [0.717, 1.165) is 33.3 Å². The summed E-state index contributed by atoms with van der Waals surface area (Å²) in [6.45, 7) is 9.03. The Morgan fingerprint density at radius 3 is 2.73 bits per heavy atom. The van der Waals surface area contributed by atoms with Crippen LogP contribution in [-0.4, -0.2) is 32.0 Å². The van der Waals surface area contributed by atoms with Crippen molar-refractivity contribution >= 4 is 0 Å². The molecule has 0 aromatic heterocycles. The van der Waals surface area contributed by atoms with E-state index in [9.17, 15) is 0 Å². The molecular formula is C23H39NO2. The topological polar surface area (TPSA) is 55.5 Å². The van der Waals surface area contributed by atoms with E-state index < -0.39 is 0 Å². The summed E-state index contributed by atoms with van der Waals surface area (Å²) in [6.07, 6.45) is 9.28. The molecule has 2 atom stereocenters. The maximum atomic E-state index is 7.00. The molecule has 0 bridgehead atoms. The highest BCUT2D eigenvalue weighted by Crippen LogP contribution is 2.30. The lowest BCUT2D eigenvalue weighted by Gasteiger charge is -2.26. The Morgan fingerprint density at radius 1 is 1.31 bits per heavy atom. The van der Waals surface area contributed by atoms with Gasteiger partial charge in [0, 0.05) is 13.7 Å². The van der Waals surface area contributed by atoms with Gasteiger partial charge in [-0.25, -0.2) is 0 Å². The van der Waals surface area contributed by atoms with Crippen molar-refractivity contribution in [3.63, 3.8) is 0 Å². The quantitative estimate of drug-likeness (QED) is 0.498. The summed E-state index contributed by atoms with van der Waals surface area (Å²) in [4.78, 5) is 0. The van der Waals surface area contributed by atoms with E-state index in [1.807, 2.05) is 0 Å². The number of fused-ring (bicyclic) bond motifs is 1. The van der Waals surface area contributed by atoms with Crippen molar-refractivity contribution in [2.75, 3.05) is 26.9 Å². The summed E-state index contributed by atoms with van der Waals surface area (Å²) in [7, 11) is 1.00. The number of nitrogens with two attached hydrogens (primary N) is 1. The molecule has 148 valence electrons. The van der Waals surface area contributed by atoms with Crippen molar-refractivity contribution in [1.82, 2.24) is 0 Å². The number of hydrogen-bond donors (Lipinski definition) is 2. The normalized spacial score (nSPS) is 16.9. The smallest absolute Gasteiger partial charge is 0.0500 e. The van der Waals surface area contributed by atoms with Crippen LogP contribution in [0.3, 0.4) is 0 Å². The van der Waals surface area contributed by atoms with Crippen molar-refractivity contribution in [3.05, 3.63) is 46.5 Å². The lowest BCUT2D eigenvalue weighted by molar-refractivity contribution is 0.0977. The van der Waals surface area contributed by atoms with E-state index in [2.05, 4.69) is 45.0 Å². The molecule has 0 aliphatic heterocycles. The number of hydrogen-bond acceptors (Lipinski definition) is 3. The molecule has 3 nitrogen and oxygen atoms in total. The second kappa shape index (κ2) is 13.1. The van der Waals surface area contributed by atoms with Crippen LogP contribution in [-0.2, 0) is 17.6 Å². The molecule has 0 spiro atoms. The molecule has 0 saturated carbocycles. The Balaban J connectivity index is 0.00000163. The fourth-order valence-corrected chi connectivity index (χ4v) is 3.70. The van der Waals surface area contributed by atoms with Gasteiger partial charge < -0.3 is 15.6 Å². The first-order chi connectivity index (χ1) is 12.6. The Morgan fingerprint density at radius 2 is 2.08 bits per heavy atom. The molecule has 0 fully saturated rings. The molecule has 0 radical (unpaired) electrons. The summed E-state index contributed by atoms with van der Waals surface area (Å²) < 4.78 is 5.89. The fraction of sp³-hybridized carbons (Fsp3) is 0.652. The predicted octanol–water partition coefficient (Wildman–Crippen LogP) is 4.62. The Labute approximate surface area is 160 Å². The van der Waals surface area contributed by atoms with Crippen LogP contribution in [0.2, 0.25) is 0 Å². The number of aliphatic hydroxyl groups is 1. The number of allylic oxidation sites excluding steroid dienone is 1. The fourth-order valence-electron chi connectivity index (χ4n) is 3.70. The minimum absolute atomic E-state index is 0.524. The molecule has 2 unspecified atom stereocenters. The van der Waals surface area contributed by atoms with Crippen molar-refractivity contribution < 1.29 is 9.84 Å². The average Bonchev–Trinajstić information content (AvgIpc) is 2.66. The third-order valence-corrected chi connectivity index (χ3v) is 5.12. The second-order valence-corrected chi connectivity index (χ2v) is 7.50. The average molecular weight is 362 g/mol. The third kappa shape index (κ3) is 7.61. The van der Waals surface area contributed by atoms with E-state index in [0.29, 0.717) is 11.8 Å². The largest absolute Gasteiger partial charge is 0.400 e. The van der Waals surface area contributed by atoms with Gasteiger partial charge in [0.1, 0.15) is 0 Å². The van der Waals surface area contributed by atoms with Crippen molar-refractivity contribution in [1.29, 1.82) is 0 Å². The van der Waals surface area contributed by atoms with Crippen LogP contribution in [0, 0.1) is 5.92 Å². The van der Waals surface area contributed by atoms with Gasteiger partial charge in [0.25, 0.3) is 0 Å². The van der Waals surface area contributed by atoms with Gasteiger partial charge in [-0.15, -0.1) is 0 Å². The summed E-state index contributed by atoms with van der Waals surface area (Å²) in [5.41, 5.74) is 11.8. The minimum Gasteiger partial charge on any atom is -0.400 e. The van der Waals surface area contributed by atoms with Crippen LogP contribution in [0.15, 0.2) is 29.8 Å². The van der Waals surface area contributed by atoms with Gasteiger partial charge in [-0.3, -0.25) is 0 Å². The molecule has 26 heavy (non-hydrogen) atoms. The van der Waals surface area contributed by atoms with E-state index in [-0.39, 0.29) is 0 Å². The number of aliphatic hydroxyl groups excluding tert-OH is 1. The molecule has 1 aromatic carbocycles. The highest BCUT2D eigenvalue weighted by Gasteiger charge is 2.20. The van der Waals surface area contributed by atoms with Crippen LogP contribution in [0.1, 0.15) is 69.1 Å². The molecule has 3 N–H and O–H groups in total. The lowest BCUT2D eigenvalue weighted by atomic mass is 9.82. The van der Waals surface area contributed by atoms with Crippen LogP contribution in [0.5, 0.6) is 0 Å². The van der Waals surface area contributed by atoms with Crippen molar-refractivity contribution in [3.8, 4) is 0 Å². The van der Waals surface area contributed by atoms with Gasteiger partial charge >= 0.3 is 0 Å². The Bertz CT molecular complexity index is 535. The molecule has 0 amide bonds. The van der Waals surface area contributed by atoms with E-state index in [1.54, 1.807) is 5.56 Å². The zero-order valence-corrected chi connectivity index (χ0v) is 17.3. The zero-order chi connectivity index (χ0) is 19.4. The van der Waals surface area contributed by atoms with E-state index in [1.165, 1.54) is 48.8 Å². The number of aryl methyl sites for hydroxylation is 1. The van der Waals surface area contributed by atoms with E-state index in [4.69, 9.17) is 15.6 Å². The summed E-state index contributed by atoms with van der Waals surface area (Å²) in [5.74, 6) is 1.20. The highest BCUT2D eigenvalue weighted by atomic mass is 16.5. The van der Waals surface area contributed by atoms with Crippen LogP contribution < -0.4 is 5.73 Å². The molecule has 1 aromatic rings. The van der Waals surface area contributed by atoms with Crippen LogP contribution in [0.4, 0.5) is 0 Å². The molecule has 3 heteroatoms. The first-order valence-electron chi connectivity index (χ1n) is 10.1. The molecule has 0 heterocycles.